The Morgan fingerprint density at radius 1 is 1.45 bits per heavy atom. The molecule has 1 heterocycles. The number of carbonyl (C=O) groups excluding carboxylic acids is 1. The van der Waals surface area contributed by atoms with Gasteiger partial charge in [0.2, 0.25) is 5.82 Å². The lowest BCUT2D eigenvalue weighted by Crippen LogP contribution is -2.31. The van der Waals surface area contributed by atoms with Crippen molar-refractivity contribution in [2.24, 2.45) is 5.92 Å². The molecule has 0 aliphatic carbocycles. The Bertz CT molecular complexity index is 518. The molecule has 0 radical (unpaired) electrons. The first-order valence-corrected chi connectivity index (χ1v) is 7.53. The van der Waals surface area contributed by atoms with Crippen molar-refractivity contribution in [3.63, 3.8) is 0 Å². The molecule has 1 saturated heterocycles. The fourth-order valence-electron chi connectivity index (χ4n) is 2.09. The molecule has 0 atom stereocenters. The maximum absolute atomic E-state index is 13.4. The van der Waals surface area contributed by atoms with E-state index in [1.54, 1.807) is 0 Å². The summed E-state index contributed by atoms with van der Waals surface area (Å²) in [6.45, 7) is 0.567. The second-order valence-corrected chi connectivity index (χ2v) is 5.91. The van der Waals surface area contributed by atoms with Gasteiger partial charge in [0.1, 0.15) is 0 Å². The molecule has 1 aromatic rings. The molecular formula is C13H15FN2O3S. The monoisotopic (exact) mass is 298 g/mol. The normalized spacial score (nSPS) is 15.8. The van der Waals surface area contributed by atoms with E-state index in [0.717, 1.165) is 36.5 Å². The molecule has 0 aromatic heterocycles. The molecule has 1 aliphatic heterocycles. The van der Waals surface area contributed by atoms with E-state index >= 15 is 0 Å². The summed E-state index contributed by atoms with van der Waals surface area (Å²) >= 11 is 1.91. The van der Waals surface area contributed by atoms with Crippen LogP contribution in [0.2, 0.25) is 0 Å². The van der Waals surface area contributed by atoms with Crippen molar-refractivity contribution in [3.05, 3.63) is 39.7 Å². The number of nitrogens with zero attached hydrogens (tertiary/aromatic N) is 1. The molecule has 1 amide bonds. The quantitative estimate of drug-likeness (QED) is 0.685. The minimum atomic E-state index is -0.989. The molecule has 0 saturated carbocycles. The maximum atomic E-state index is 13.4. The molecule has 1 aromatic carbocycles. The number of hydrogen-bond donors (Lipinski definition) is 1. The van der Waals surface area contributed by atoms with Gasteiger partial charge in [-0.25, -0.2) is 0 Å². The van der Waals surface area contributed by atoms with Gasteiger partial charge < -0.3 is 5.32 Å². The van der Waals surface area contributed by atoms with Crippen molar-refractivity contribution in [2.75, 3.05) is 18.1 Å². The van der Waals surface area contributed by atoms with Gasteiger partial charge in [0, 0.05) is 18.2 Å². The van der Waals surface area contributed by atoms with Gasteiger partial charge in [-0.15, -0.1) is 0 Å². The predicted molar refractivity (Wildman–Crippen MR) is 75.4 cm³/mol. The Hall–Kier alpha value is -1.63. The Morgan fingerprint density at radius 3 is 2.75 bits per heavy atom. The van der Waals surface area contributed by atoms with Gasteiger partial charge in [-0.2, -0.15) is 16.2 Å². The standard InChI is InChI=1S/C13H15FN2O3S/c14-11-7-10(1-2-12(11)16(18)19)13(17)15-8-9-3-5-20-6-4-9/h1-2,7,9H,3-6,8H2,(H,15,17). The Labute approximate surface area is 120 Å². The minimum absolute atomic E-state index is 0.110. The SMILES string of the molecule is O=C(NCC1CCSCC1)c1ccc([N+](=O)[O-])c(F)c1. The first-order valence-electron chi connectivity index (χ1n) is 6.38. The van der Waals surface area contributed by atoms with Gasteiger partial charge in [0.15, 0.2) is 0 Å². The number of amides is 1. The van der Waals surface area contributed by atoms with E-state index in [0.29, 0.717) is 12.5 Å². The first kappa shape index (κ1) is 14.8. The van der Waals surface area contributed by atoms with E-state index in [2.05, 4.69) is 5.32 Å². The van der Waals surface area contributed by atoms with Crippen LogP contribution in [-0.2, 0) is 0 Å². The van der Waals surface area contributed by atoms with Crippen molar-refractivity contribution < 1.29 is 14.1 Å². The van der Waals surface area contributed by atoms with Crippen LogP contribution < -0.4 is 5.32 Å². The van der Waals surface area contributed by atoms with Gasteiger partial charge in [0.25, 0.3) is 5.91 Å². The third-order valence-corrected chi connectivity index (χ3v) is 4.35. The number of thioether (sulfide) groups is 1. The molecule has 0 unspecified atom stereocenters. The van der Waals surface area contributed by atoms with Crippen LogP contribution in [0.1, 0.15) is 23.2 Å². The highest BCUT2D eigenvalue weighted by atomic mass is 32.2. The second-order valence-electron chi connectivity index (χ2n) is 4.69. The lowest BCUT2D eigenvalue weighted by atomic mass is 10.0. The number of carbonyl (C=O) groups is 1. The van der Waals surface area contributed by atoms with Crippen molar-refractivity contribution >= 4 is 23.4 Å². The highest BCUT2D eigenvalue weighted by molar-refractivity contribution is 7.99. The molecule has 20 heavy (non-hydrogen) atoms. The molecule has 1 N–H and O–H groups in total. The van der Waals surface area contributed by atoms with E-state index in [1.165, 1.54) is 6.07 Å². The number of nitro groups is 1. The van der Waals surface area contributed by atoms with E-state index in [9.17, 15) is 19.3 Å². The second kappa shape index (κ2) is 6.69. The highest BCUT2D eigenvalue weighted by Gasteiger charge is 2.18. The average molecular weight is 298 g/mol. The van der Waals surface area contributed by atoms with Crippen molar-refractivity contribution in [2.45, 2.75) is 12.8 Å². The van der Waals surface area contributed by atoms with Crippen LogP contribution in [-0.4, -0.2) is 28.9 Å². The first-order chi connectivity index (χ1) is 9.58. The van der Waals surface area contributed by atoms with E-state index < -0.39 is 22.3 Å². The molecule has 5 nitrogen and oxygen atoms in total. The van der Waals surface area contributed by atoms with Crippen molar-refractivity contribution in [3.8, 4) is 0 Å². The molecule has 0 spiro atoms. The summed E-state index contributed by atoms with van der Waals surface area (Å²) in [5.41, 5.74) is -0.510. The van der Waals surface area contributed by atoms with Crippen molar-refractivity contribution in [1.82, 2.24) is 5.32 Å². The van der Waals surface area contributed by atoms with Gasteiger partial charge in [-0.05, 0) is 42.4 Å². The zero-order chi connectivity index (χ0) is 14.5. The van der Waals surface area contributed by atoms with Crippen LogP contribution >= 0.6 is 11.8 Å². The Morgan fingerprint density at radius 2 is 2.15 bits per heavy atom. The average Bonchev–Trinajstić information content (AvgIpc) is 2.45. The van der Waals surface area contributed by atoms with Gasteiger partial charge in [-0.1, -0.05) is 0 Å². The minimum Gasteiger partial charge on any atom is -0.352 e. The van der Waals surface area contributed by atoms with Gasteiger partial charge in [-0.3, -0.25) is 14.9 Å². The van der Waals surface area contributed by atoms with Crippen molar-refractivity contribution in [1.29, 1.82) is 0 Å². The summed E-state index contributed by atoms with van der Waals surface area (Å²) in [6.07, 6.45) is 2.14. The summed E-state index contributed by atoms with van der Waals surface area (Å²) in [4.78, 5) is 21.6. The number of nitro benzene ring substituents is 1. The summed E-state index contributed by atoms with van der Waals surface area (Å²) in [6, 6.07) is 3.19. The van der Waals surface area contributed by atoms with Crippen LogP contribution in [0.25, 0.3) is 0 Å². The van der Waals surface area contributed by atoms with E-state index in [-0.39, 0.29) is 5.56 Å². The highest BCUT2D eigenvalue weighted by Crippen LogP contribution is 2.22. The third kappa shape index (κ3) is 3.69. The number of hydrogen-bond acceptors (Lipinski definition) is 4. The summed E-state index contributed by atoms with van der Waals surface area (Å²) < 4.78 is 13.4. The van der Waals surface area contributed by atoms with E-state index in [1.807, 2.05) is 11.8 Å². The summed E-state index contributed by atoms with van der Waals surface area (Å²) in [5.74, 6) is 1.29. The fraction of sp³-hybridized carbons (Fsp3) is 0.462. The Kier molecular flexibility index (Phi) is 4.94. The zero-order valence-corrected chi connectivity index (χ0v) is 11.6. The number of benzene rings is 1. The number of halogens is 1. The zero-order valence-electron chi connectivity index (χ0n) is 10.8. The largest absolute Gasteiger partial charge is 0.352 e. The van der Waals surface area contributed by atoms with Gasteiger partial charge in [0.05, 0.1) is 4.92 Å². The molecule has 1 aliphatic rings. The Balaban J connectivity index is 1.95. The topological polar surface area (TPSA) is 72.2 Å². The molecule has 1 fully saturated rings. The number of nitrogens with one attached hydrogen (secondary N) is 1. The lowest BCUT2D eigenvalue weighted by molar-refractivity contribution is -0.387. The van der Waals surface area contributed by atoms with Crippen LogP contribution in [0.4, 0.5) is 10.1 Å². The van der Waals surface area contributed by atoms with Crippen LogP contribution in [0.3, 0.4) is 0 Å². The van der Waals surface area contributed by atoms with E-state index in [4.69, 9.17) is 0 Å². The third-order valence-electron chi connectivity index (χ3n) is 3.30. The van der Waals surface area contributed by atoms with Crippen LogP contribution in [0.5, 0.6) is 0 Å². The van der Waals surface area contributed by atoms with Crippen LogP contribution in [0.15, 0.2) is 18.2 Å². The summed E-state index contributed by atoms with van der Waals surface area (Å²) in [7, 11) is 0. The molecule has 108 valence electrons. The number of rotatable bonds is 4. The van der Waals surface area contributed by atoms with Gasteiger partial charge >= 0.3 is 5.69 Å². The maximum Gasteiger partial charge on any atom is 0.304 e. The fourth-order valence-corrected chi connectivity index (χ4v) is 3.29. The molecule has 0 bridgehead atoms. The predicted octanol–water partition coefficient (Wildman–Crippen LogP) is 2.61. The van der Waals surface area contributed by atoms with Crippen LogP contribution in [0, 0.1) is 21.8 Å². The lowest BCUT2D eigenvalue weighted by Gasteiger charge is -2.21. The summed E-state index contributed by atoms with van der Waals surface area (Å²) in [5, 5.41) is 13.3. The molecular weight excluding hydrogens is 283 g/mol. The smallest absolute Gasteiger partial charge is 0.304 e. The molecule has 7 heteroatoms. The molecule has 2 rings (SSSR count).